The Hall–Kier alpha value is -2.78. The highest BCUT2D eigenvalue weighted by molar-refractivity contribution is 9.10. The highest BCUT2D eigenvalue weighted by atomic mass is 79.9. The van der Waals surface area contributed by atoms with Gasteiger partial charge in [-0.25, -0.2) is 4.79 Å². The first-order valence-electron chi connectivity index (χ1n) is 10.2. The SMILES string of the molecule is COC(=O)[C@@]1(Br)O[C@H]([C@H](OC(C)=O)[C@@H](COC(C)=O)OC(C)=O)[C@H](NC(C)=O)[C@@H](OC(C)=O)[C@@H]1O. The number of hydrogen-bond donors (Lipinski definition) is 2. The van der Waals surface area contributed by atoms with Crippen molar-refractivity contribution in [1.82, 2.24) is 5.32 Å². The number of esters is 5. The van der Waals surface area contributed by atoms with Crippen molar-refractivity contribution in [1.29, 1.82) is 0 Å². The Balaban J connectivity index is 3.74. The second-order valence-electron chi connectivity index (χ2n) is 7.49. The zero-order valence-corrected chi connectivity index (χ0v) is 21.5. The monoisotopic (exact) mass is 569 g/mol. The van der Waals surface area contributed by atoms with Gasteiger partial charge in [-0.05, 0) is 15.9 Å². The van der Waals surface area contributed by atoms with Crippen LogP contribution in [-0.2, 0) is 57.2 Å². The minimum atomic E-state index is -2.39. The largest absolute Gasteiger partial charge is 0.466 e. The molecule has 0 aromatic rings. The Bertz CT molecular complexity index is 849. The topological polar surface area (TPSA) is 190 Å². The second-order valence-corrected chi connectivity index (χ2v) is 8.67. The highest BCUT2D eigenvalue weighted by Crippen LogP contribution is 2.40. The van der Waals surface area contributed by atoms with Crippen molar-refractivity contribution in [2.75, 3.05) is 13.7 Å². The molecule has 198 valence electrons. The van der Waals surface area contributed by atoms with Crippen molar-refractivity contribution in [3.8, 4) is 0 Å². The molecular formula is C20H28BrNO13. The lowest BCUT2D eigenvalue weighted by atomic mass is 9.87. The first kappa shape index (κ1) is 30.3. The Morgan fingerprint density at radius 3 is 1.97 bits per heavy atom. The molecule has 0 unspecified atom stereocenters. The maximum absolute atomic E-state index is 12.6. The van der Waals surface area contributed by atoms with Crippen molar-refractivity contribution < 1.29 is 62.3 Å². The number of rotatable bonds is 9. The third kappa shape index (κ3) is 8.14. The molecule has 1 aliphatic rings. The van der Waals surface area contributed by atoms with Gasteiger partial charge >= 0.3 is 29.8 Å². The third-order valence-corrected chi connectivity index (χ3v) is 5.58. The Kier molecular flexibility index (Phi) is 11.1. The summed E-state index contributed by atoms with van der Waals surface area (Å²) in [6.45, 7) is 4.63. The van der Waals surface area contributed by atoms with Crippen LogP contribution >= 0.6 is 15.9 Å². The molecule has 0 radical (unpaired) electrons. The summed E-state index contributed by atoms with van der Waals surface area (Å²) >= 11 is 2.96. The molecular weight excluding hydrogens is 542 g/mol. The van der Waals surface area contributed by atoms with E-state index in [-0.39, 0.29) is 0 Å². The van der Waals surface area contributed by atoms with Crippen molar-refractivity contribution >= 4 is 51.7 Å². The molecule has 14 nitrogen and oxygen atoms in total. The number of halogens is 1. The van der Waals surface area contributed by atoms with Gasteiger partial charge in [-0.15, -0.1) is 0 Å². The molecule has 0 aliphatic carbocycles. The minimum Gasteiger partial charge on any atom is -0.466 e. The number of alkyl halides is 1. The van der Waals surface area contributed by atoms with Crippen LogP contribution in [0.2, 0.25) is 0 Å². The smallest absolute Gasteiger partial charge is 0.352 e. The first-order chi connectivity index (χ1) is 16.1. The minimum absolute atomic E-state index is 0.617. The molecule has 1 amide bonds. The number of aliphatic hydroxyl groups excluding tert-OH is 1. The van der Waals surface area contributed by atoms with Crippen LogP contribution in [0.15, 0.2) is 0 Å². The number of carbonyl (C=O) groups is 6. The maximum Gasteiger partial charge on any atom is 0.352 e. The third-order valence-electron chi connectivity index (χ3n) is 4.60. The Labute approximate surface area is 209 Å². The van der Waals surface area contributed by atoms with Gasteiger partial charge in [-0.2, -0.15) is 0 Å². The fourth-order valence-electron chi connectivity index (χ4n) is 3.40. The van der Waals surface area contributed by atoms with Gasteiger partial charge in [-0.1, -0.05) is 0 Å². The summed E-state index contributed by atoms with van der Waals surface area (Å²) in [5.41, 5.74) is 0. The van der Waals surface area contributed by atoms with E-state index in [1.165, 1.54) is 0 Å². The molecule has 0 spiro atoms. The highest BCUT2D eigenvalue weighted by Gasteiger charge is 2.62. The van der Waals surface area contributed by atoms with Crippen LogP contribution in [0.1, 0.15) is 34.6 Å². The van der Waals surface area contributed by atoms with Gasteiger partial charge in [0.25, 0.3) is 4.51 Å². The lowest BCUT2D eigenvalue weighted by Gasteiger charge is -2.49. The lowest BCUT2D eigenvalue weighted by molar-refractivity contribution is -0.248. The van der Waals surface area contributed by atoms with Crippen LogP contribution in [0.5, 0.6) is 0 Å². The van der Waals surface area contributed by atoms with Gasteiger partial charge in [0.05, 0.1) is 13.2 Å². The first-order valence-corrected chi connectivity index (χ1v) is 11.0. The molecule has 0 aromatic heterocycles. The van der Waals surface area contributed by atoms with E-state index < -0.39 is 83.4 Å². The van der Waals surface area contributed by atoms with E-state index in [0.717, 1.165) is 41.7 Å². The normalized spacial score (nSPS) is 27.4. The van der Waals surface area contributed by atoms with E-state index >= 15 is 0 Å². The predicted molar refractivity (Wildman–Crippen MR) is 115 cm³/mol. The van der Waals surface area contributed by atoms with Crippen molar-refractivity contribution in [2.24, 2.45) is 0 Å². The summed E-state index contributed by atoms with van der Waals surface area (Å²) in [7, 11) is 0.989. The number of aliphatic hydroxyl groups is 1. The van der Waals surface area contributed by atoms with Gasteiger partial charge in [0.1, 0.15) is 18.8 Å². The number of nitrogens with one attached hydrogen (secondary N) is 1. The molecule has 15 heteroatoms. The lowest BCUT2D eigenvalue weighted by Crippen LogP contribution is -2.73. The van der Waals surface area contributed by atoms with Crippen LogP contribution in [0, 0.1) is 0 Å². The van der Waals surface area contributed by atoms with Crippen LogP contribution in [-0.4, -0.2) is 95.6 Å². The summed E-state index contributed by atoms with van der Waals surface area (Å²) < 4.78 is 28.7. The van der Waals surface area contributed by atoms with Crippen LogP contribution in [0.3, 0.4) is 0 Å². The molecule has 35 heavy (non-hydrogen) atoms. The molecule has 0 aromatic carbocycles. The van der Waals surface area contributed by atoms with Crippen LogP contribution < -0.4 is 5.32 Å². The average Bonchev–Trinajstić information content (AvgIpc) is 2.73. The summed E-state index contributed by atoms with van der Waals surface area (Å²) in [6.07, 6.45) is -8.39. The van der Waals surface area contributed by atoms with E-state index in [9.17, 15) is 33.9 Å². The molecule has 0 bridgehead atoms. The standard InChI is InChI=1S/C20H28BrNO13/c1-8(23)22-14-16(15(33-11(4)26)13(32-10(3)25)7-31-9(2)24)35-20(21,19(29)30-6)18(28)17(14)34-12(5)27/h13-18,28H,7H2,1-6H3,(H,22,23)/t13-,14+,15-,16+,17-,18+,20+/m1/s1. The van der Waals surface area contributed by atoms with Gasteiger partial charge in [0.15, 0.2) is 18.3 Å². The summed E-state index contributed by atoms with van der Waals surface area (Å²) in [6, 6.07) is -1.46. The number of methoxy groups -OCH3 is 1. The van der Waals surface area contributed by atoms with Gasteiger partial charge in [-0.3, -0.25) is 24.0 Å². The molecule has 1 saturated heterocycles. The fraction of sp³-hybridized carbons (Fsp3) is 0.700. The quantitative estimate of drug-likeness (QED) is 0.193. The summed E-state index contributed by atoms with van der Waals surface area (Å²) in [5.74, 6) is -5.28. The number of carbonyl (C=O) groups excluding carboxylic acids is 6. The van der Waals surface area contributed by atoms with Gasteiger partial charge in [0, 0.05) is 34.6 Å². The van der Waals surface area contributed by atoms with E-state index in [1.807, 2.05) is 0 Å². The molecule has 7 atom stereocenters. The van der Waals surface area contributed by atoms with E-state index in [4.69, 9.17) is 23.7 Å². The van der Waals surface area contributed by atoms with Crippen LogP contribution in [0.25, 0.3) is 0 Å². The fourth-order valence-corrected chi connectivity index (χ4v) is 4.04. The maximum atomic E-state index is 12.6. The number of hydrogen-bond acceptors (Lipinski definition) is 13. The molecule has 1 heterocycles. The second kappa shape index (κ2) is 12.8. The van der Waals surface area contributed by atoms with Crippen LogP contribution in [0.4, 0.5) is 0 Å². The summed E-state index contributed by atoms with van der Waals surface area (Å²) in [5, 5.41) is 13.3. The van der Waals surface area contributed by atoms with E-state index in [0.29, 0.717) is 0 Å². The molecule has 0 saturated carbocycles. The van der Waals surface area contributed by atoms with Crippen molar-refractivity contribution in [3.63, 3.8) is 0 Å². The molecule has 2 N–H and O–H groups in total. The van der Waals surface area contributed by atoms with Crippen molar-refractivity contribution in [2.45, 2.75) is 75.7 Å². The molecule has 1 aliphatic heterocycles. The van der Waals surface area contributed by atoms with E-state index in [1.54, 1.807) is 0 Å². The Morgan fingerprint density at radius 1 is 0.971 bits per heavy atom. The predicted octanol–water partition coefficient (Wildman–Crippen LogP) is -1.13. The number of amides is 1. The molecule has 1 rings (SSSR count). The van der Waals surface area contributed by atoms with Crippen molar-refractivity contribution in [3.05, 3.63) is 0 Å². The zero-order valence-electron chi connectivity index (χ0n) is 19.9. The van der Waals surface area contributed by atoms with Gasteiger partial charge in [0.2, 0.25) is 5.91 Å². The average molecular weight is 570 g/mol. The zero-order chi connectivity index (χ0) is 27.1. The number of ether oxygens (including phenoxy) is 6. The van der Waals surface area contributed by atoms with E-state index in [2.05, 4.69) is 26.0 Å². The summed E-state index contributed by atoms with van der Waals surface area (Å²) in [4.78, 5) is 71.5. The van der Waals surface area contributed by atoms with Gasteiger partial charge < -0.3 is 38.8 Å². The Morgan fingerprint density at radius 2 is 1.54 bits per heavy atom. The molecule has 1 fully saturated rings.